The van der Waals surface area contributed by atoms with E-state index in [1.165, 1.54) is 7.11 Å². The van der Waals surface area contributed by atoms with Crippen LogP contribution in [-0.2, 0) is 5.41 Å². The number of hydrogen-bond donors (Lipinski definition) is 0. The molecular weight excluding hydrogens is 482 g/mol. The van der Waals surface area contributed by atoms with Crippen molar-refractivity contribution in [2.45, 2.75) is 50.6 Å². The van der Waals surface area contributed by atoms with Gasteiger partial charge in [-0.05, 0) is 38.8 Å². The van der Waals surface area contributed by atoms with Crippen LogP contribution in [0.3, 0.4) is 0 Å². The number of hydrogen-bond acceptors (Lipinski definition) is 10. The van der Waals surface area contributed by atoms with E-state index in [0.29, 0.717) is 24.5 Å². The highest BCUT2D eigenvalue weighted by Crippen LogP contribution is 2.56. The molecule has 38 heavy (non-hydrogen) atoms. The van der Waals surface area contributed by atoms with E-state index in [4.69, 9.17) is 14.7 Å². The lowest BCUT2D eigenvalue weighted by atomic mass is 9.66. The van der Waals surface area contributed by atoms with Gasteiger partial charge in [-0.25, -0.2) is 19.9 Å². The second-order valence-corrected chi connectivity index (χ2v) is 10.4. The topological polar surface area (TPSA) is 124 Å². The zero-order chi connectivity index (χ0) is 26.4. The molecule has 0 radical (unpaired) electrons. The van der Waals surface area contributed by atoms with E-state index in [-0.39, 0.29) is 29.2 Å². The summed E-state index contributed by atoms with van der Waals surface area (Å²) in [5.41, 5.74) is 1.69. The van der Waals surface area contributed by atoms with E-state index in [9.17, 15) is 10.1 Å². The summed E-state index contributed by atoms with van der Waals surface area (Å²) >= 11 is 0. The largest absolute Gasteiger partial charge is 0.481 e. The van der Waals surface area contributed by atoms with Crippen LogP contribution >= 0.6 is 0 Å². The fourth-order valence-electron chi connectivity index (χ4n) is 5.95. The lowest BCUT2D eigenvalue weighted by Gasteiger charge is -2.46. The Morgan fingerprint density at radius 1 is 1.08 bits per heavy atom. The van der Waals surface area contributed by atoms with Crippen LogP contribution in [0, 0.1) is 11.3 Å². The Hall–Kier alpha value is -4.33. The molecule has 3 aromatic heterocycles. The number of rotatable bonds is 4. The van der Waals surface area contributed by atoms with Gasteiger partial charge in [0.25, 0.3) is 5.91 Å². The molecule has 0 N–H and O–H groups in total. The molecule has 2 atom stereocenters. The van der Waals surface area contributed by atoms with Crippen LogP contribution in [-0.4, -0.2) is 74.6 Å². The van der Waals surface area contributed by atoms with Gasteiger partial charge in [-0.3, -0.25) is 4.79 Å². The Bertz CT molecular complexity index is 1430. The quantitative estimate of drug-likeness (QED) is 0.516. The van der Waals surface area contributed by atoms with E-state index < -0.39 is 0 Å². The second-order valence-electron chi connectivity index (χ2n) is 10.4. The molecule has 6 rings (SSSR count). The zero-order valence-corrected chi connectivity index (χ0v) is 21.7. The van der Waals surface area contributed by atoms with E-state index in [0.717, 1.165) is 48.8 Å². The highest BCUT2D eigenvalue weighted by Gasteiger charge is 2.52. The van der Waals surface area contributed by atoms with Crippen LogP contribution in [0.2, 0.25) is 0 Å². The Balaban J connectivity index is 1.32. The number of nitrogens with zero attached hydrogens (tertiary/aromatic N) is 9. The highest BCUT2D eigenvalue weighted by molar-refractivity contribution is 5.91. The summed E-state index contributed by atoms with van der Waals surface area (Å²) in [5.74, 6) is 2.81. The van der Waals surface area contributed by atoms with Crippen molar-refractivity contribution in [3.05, 3.63) is 53.9 Å². The standard InChI is InChI=1S/C27H29N9O2/c1-17-14-35(26(37)23-30-10-6-21(33-23)38-3)18(2)13-34(17)24-22-25(32-16-31-24)36(15-27(22)7-4-8-27)20-11-19(12-28)5-9-29-20/h5-6,9-11,16-18H,4,7-8,13-15H2,1-3H3/t17-,18+/m0/s1. The first-order valence-electron chi connectivity index (χ1n) is 12.9. The molecule has 1 spiro atoms. The van der Waals surface area contributed by atoms with Gasteiger partial charge < -0.3 is 19.4 Å². The summed E-state index contributed by atoms with van der Waals surface area (Å²) in [6.45, 7) is 6.07. The summed E-state index contributed by atoms with van der Waals surface area (Å²) in [6.07, 6.45) is 8.11. The van der Waals surface area contributed by atoms with Gasteiger partial charge in [0, 0.05) is 61.2 Å². The van der Waals surface area contributed by atoms with Gasteiger partial charge in [0.15, 0.2) is 0 Å². The van der Waals surface area contributed by atoms with Crippen molar-refractivity contribution in [3.8, 4) is 11.9 Å². The van der Waals surface area contributed by atoms with Crippen LogP contribution in [0.15, 0.2) is 36.9 Å². The molecule has 11 heteroatoms. The molecule has 1 saturated heterocycles. The van der Waals surface area contributed by atoms with Crippen molar-refractivity contribution in [2.24, 2.45) is 0 Å². The minimum Gasteiger partial charge on any atom is -0.481 e. The molecule has 1 aliphatic carbocycles. The lowest BCUT2D eigenvalue weighted by molar-refractivity contribution is 0.0629. The molecular formula is C27H29N9O2. The molecule has 0 unspecified atom stereocenters. The molecule has 3 aromatic rings. The number of nitriles is 1. The molecule has 2 aliphatic heterocycles. The Kier molecular flexibility index (Phi) is 5.82. The molecule has 1 saturated carbocycles. The summed E-state index contributed by atoms with van der Waals surface area (Å²) in [4.78, 5) is 42.1. The van der Waals surface area contributed by atoms with Gasteiger partial charge in [0.1, 0.15) is 23.8 Å². The van der Waals surface area contributed by atoms with Crippen molar-refractivity contribution >= 4 is 23.4 Å². The third-order valence-corrected chi connectivity index (χ3v) is 8.07. The maximum absolute atomic E-state index is 13.3. The third kappa shape index (κ3) is 3.79. The van der Waals surface area contributed by atoms with Crippen molar-refractivity contribution < 1.29 is 9.53 Å². The van der Waals surface area contributed by atoms with Gasteiger partial charge in [-0.1, -0.05) is 6.42 Å². The van der Waals surface area contributed by atoms with E-state index in [2.05, 4.69) is 37.7 Å². The van der Waals surface area contributed by atoms with Crippen LogP contribution in [0.1, 0.15) is 54.9 Å². The van der Waals surface area contributed by atoms with E-state index in [1.807, 2.05) is 17.9 Å². The number of methoxy groups -OCH3 is 1. The molecule has 2 fully saturated rings. The number of carbonyl (C=O) groups is 1. The fourth-order valence-corrected chi connectivity index (χ4v) is 5.95. The first-order chi connectivity index (χ1) is 18.4. The van der Waals surface area contributed by atoms with Crippen LogP contribution in [0.4, 0.5) is 17.5 Å². The van der Waals surface area contributed by atoms with Gasteiger partial charge in [-0.15, -0.1) is 0 Å². The molecule has 194 valence electrons. The normalized spacial score (nSPS) is 21.6. The number of carbonyl (C=O) groups excluding carboxylic acids is 1. The number of aromatic nitrogens is 5. The molecule has 11 nitrogen and oxygen atoms in total. The number of amides is 1. The third-order valence-electron chi connectivity index (χ3n) is 8.07. The maximum Gasteiger partial charge on any atom is 0.292 e. The van der Waals surface area contributed by atoms with Crippen molar-refractivity contribution in [1.82, 2.24) is 29.8 Å². The predicted octanol–water partition coefficient (Wildman–Crippen LogP) is 2.85. The SMILES string of the molecule is COc1ccnc(C(=O)N2C[C@H](C)N(c3ncnc4c3C3(CCC3)CN4c3cc(C#N)ccn3)C[C@H]2C)n1. The molecule has 3 aliphatic rings. The van der Waals surface area contributed by atoms with Crippen LogP contribution < -0.4 is 14.5 Å². The number of anilines is 3. The molecule has 0 aromatic carbocycles. The Morgan fingerprint density at radius 2 is 1.87 bits per heavy atom. The number of fused-ring (bicyclic) bond motifs is 2. The maximum atomic E-state index is 13.3. The second kappa shape index (κ2) is 9.20. The molecule has 0 bridgehead atoms. The lowest BCUT2D eigenvalue weighted by Crippen LogP contribution is -2.59. The summed E-state index contributed by atoms with van der Waals surface area (Å²) in [5, 5.41) is 9.42. The molecule has 1 amide bonds. The van der Waals surface area contributed by atoms with Crippen molar-refractivity contribution in [1.29, 1.82) is 5.26 Å². The Morgan fingerprint density at radius 3 is 2.61 bits per heavy atom. The molecule has 5 heterocycles. The van der Waals surface area contributed by atoms with E-state index in [1.54, 1.807) is 30.9 Å². The van der Waals surface area contributed by atoms with Crippen molar-refractivity contribution in [2.75, 3.05) is 36.5 Å². The van der Waals surface area contributed by atoms with Gasteiger partial charge in [-0.2, -0.15) is 10.2 Å². The minimum atomic E-state index is -0.207. The van der Waals surface area contributed by atoms with Crippen LogP contribution in [0.5, 0.6) is 5.88 Å². The Labute approximate surface area is 221 Å². The summed E-state index contributed by atoms with van der Waals surface area (Å²) in [6, 6.07) is 7.31. The number of ether oxygens (including phenoxy) is 1. The highest BCUT2D eigenvalue weighted by atomic mass is 16.5. The van der Waals surface area contributed by atoms with Gasteiger partial charge >= 0.3 is 0 Å². The van der Waals surface area contributed by atoms with Crippen LogP contribution in [0.25, 0.3) is 0 Å². The summed E-state index contributed by atoms with van der Waals surface area (Å²) in [7, 11) is 1.52. The smallest absolute Gasteiger partial charge is 0.292 e. The monoisotopic (exact) mass is 511 g/mol. The van der Waals surface area contributed by atoms with Gasteiger partial charge in [0.2, 0.25) is 11.7 Å². The zero-order valence-electron chi connectivity index (χ0n) is 21.7. The fraction of sp³-hybridized carbons (Fsp3) is 0.444. The first kappa shape index (κ1) is 24.0. The average molecular weight is 512 g/mol. The first-order valence-corrected chi connectivity index (χ1v) is 12.9. The van der Waals surface area contributed by atoms with E-state index >= 15 is 0 Å². The number of pyridine rings is 1. The van der Waals surface area contributed by atoms with Gasteiger partial charge in [0.05, 0.1) is 18.7 Å². The predicted molar refractivity (Wildman–Crippen MR) is 139 cm³/mol. The summed E-state index contributed by atoms with van der Waals surface area (Å²) < 4.78 is 5.18. The average Bonchev–Trinajstić information content (AvgIpc) is 3.30. The van der Waals surface area contributed by atoms with Crippen molar-refractivity contribution in [3.63, 3.8) is 0 Å². The number of piperazine rings is 1. The minimum absolute atomic E-state index is 0.0194.